The third kappa shape index (κ3) is 2.68. The van der Waals surface area contributed by atoms with E-state index in [-0.39, 0.29) is 33.4 Å². The van der Waals surface area contributed by atoms with Gasteiger partial charge in [0.25, 0.3) is 5.56 Å². The van der Waals surface area contributed by atoms with Gasteiger partial charge in [0, 0.05) is 13.1 Å². The Bertz CT molecular complexity index is 1090. The van der Waals surface area contributed by atoms with E-state index < -0.39 is 0 Å². The number of nitrogens with zero attached hydrogens (tertiary/aromatic N) is 4. The van der Waals surface area contributed by atoms with Crippen molar-refractivity contribution in [3.63, 3.8) is 0 Å². The van der Waals surface area contributed by atoms with Crippen LogP contribution in [0.15, 0.2) is 40.1 Å². The maximum Gasteiger partial charge on any atom is 0.329 e. The van der Waals surface area contributed by atoms with Gasteiger partial charge >= 0.3 is 5.69 Å². The van der Waals surface area contributed by atoms with Gasteiger partial charge in [-0.3, -0.25) is 13.9 Å². The summed E-state index contributed by atoms with van der Waals surface area (Å²) in [5, 5.41) is 4.33. The van der Waals surface area contributed by atoms with Gasteiger partial charge in [0.15, 0.2) is 0 Å². The average Bonchev–Trinajstić information content (AvgIpc) is 2.91. The van der Waals surface area contributed by atoms with Gasteiger partial charge in [-0.15, -0.1) is 0 Å². The van der Waals surface area contributed by atoms with E-state index in [1.165, 1.54) is 10.9 Å². The third-order valence-corrected chi connectivity index (χ3v) is 6.02. The number of rotatable bonds is 2. The standard InChI is InChI=1S/C18H18Cl2N4O2/c1-22-14-4-2-3-5-15(14)23(18(22)26)11-6-8-12(9-7-11)24-17(25)16(20)13(19)10-21-24/h2-5,10-12H,6-9H2,1H3/t11-,12-. The number of aryl methyl sites for hydroxylation is 1. The fourth-order valence-corrected chi connectivity index (χ4v) is 4.18. The van der Waals surface area contributed by atoms with Gasteiger partial charge in [0.1, 0.15) is 5.02 Å². The van der Waals surface area contributed by atoms with Crippen LogP contribution in [0.3, 0.4) is 0 Å². The Morgan fingerprint density at radius 3 is 2.31 bits per heavy atom. The molecule has 0 unspecified atom stereocenters. The van der Waals surface area contributed by atoms with Crippen LogP contribution < -0.4 is 11.2 Å². The third-order valence-electron chi connectivity index (χ3n) is 5.27. The van der Waals surface area contributed by atoms with Crippen molar-refractivity contribution in [2.24, 2.45) is 7.05 Å². The second kappa shape index (κ2) is 6.59. The lowest BCUT2D eigenvalue weighted by Gasteiger charge is -2.29. The lowest BCUT2D eigenvalue weighted by Crippen LogP contribution is -2.33. The van der Waals surface area contributed by atoms with Gasteiger partial charge in [-0.05, 0) is 37.8 Å². The highest BCUT2D eigenvalue weighted by Gasteiger charge is 2.28. The molecule has 1 saturated carbocycles. The SMILES string of the molecule is Cn1c(=O)n([C@H]2CC[C@H](n3ncc(Cl)c(Cl)c3=O)CC2)c2ccccc21. The van der Waals surface area contributed by atoms with E-state index in [0.717, 1.165) is 36.7 Å². The predicted octanol–water partition coefficient (Wildman–Crippen LogP) is 3.56. The van der Waals surface area contributed by atoms with Crippen LogP contribution in [0.1, 0.15) is 37.8 Å². The minimum atomic E-state index is -0.357. The van der Waals surface area contributed by atoms with Crippen LogP contribution >= 0.6 is 23.2 Å². The van der Waals surface area contributed by atoms with Crippen molar-refractivity contribution in [1.29, 1.82) is 0 Å². The van der Waals surface area contributed by atoms with E-state index >= 15 is 0 Å². The van der Waals surface area contributed by atoms with Gasteiger partial charge in [0.2, 0.25) is 0 Å². The molecule has 6 nitrogen and oxygen atoms in total. The van der Waals surface area contributed by atoms with E-state index in [0.29, 0.717) is 0 Å². The number of aromatic nitrogens is 4. The first-order valence-corrected chi connectivity index (χ1v) is 9.33. The van der Waals surface area contributed by atoms with Crippen molar-refractivity contribution in [3.05, 3.63) is 61.3 Å². The smallest absolute Gasteiger partial charge is 0.295 e. The second-order valence-corrected chi connectivity index (χ2v) is 7.50. The van der Waals surface area contributed by atoms with Crippen molar-refractivity contribution >= 4 is 34.2 Å². The van der Waals surface area contributed by atoms with E-state index in [9.17, 15) is 9.59 Å². The molecule has 0 amide bonds. The molecule has 1 fully saturated rings. The molecule has 1 aliphatic rings. The summed E-state index contributed by atoms with van der Waals surface area (Å²) >= 11 is 11.8. The Morgan fingerprint density at radius 2 is 1.62 bits per heavy atom. The highest BCUT2D eigenvalue weighted by Crippen LogP contribution is 2.35. The fraction of sp³-hybridized carbons (Fsp3) is 0.389. The number of para-hydroxylation sites is 2. The molecule has 2 heterocycles. The second-order valence-electron chi connectivity index (χ2n) is 6.72. The van der Waals surface area contributed by atoms with Gasteiger partial charge in [-0.1, -0.05) is 35.3 Å². The molecule has 0 radical (unpaired) electrons. The molecular formula is C18H18Cl2N4O2. The largest absolute Gasteiger partial charge is 0.329 e. The highest BCUT2D eigenvalue weighted by molar-refractivity contribution is 6.41. The maximum absolute atomic E-state index is 12.7. The van der Waals surface area contributed by atoms with Crippen LogP contribution in [-0.4, -0.2) is 18.9 Å². The van der Waals surface area contributed by atoms with Crippen LogP contribution in [0, 0.1) is 0 Å². The van der Waals surface area contributed by atoms with E-state index in [4.69, 9.17) is 23.2 Å². The molecule has 2 aromatic heterocycles. The van der Waals surface area contributed by atoms with E-state index in [1.807, 2.05) is 28.8 Å². The molecule has 1 aromatic carbocycles. The predicted molar refractivity (Wildman–Crippen MR) is 102 cm³/mol. The zero-order chi connectivity index (χ0) is 18.4. The number of fused-ring (bicyclic) bond motifs is 1. The summed E-state index contributed by atoms with van der Waals surface area (Å²) in [6, 6.07) is 7.91. The molecule has 8 heteroatoms. The first-order chi connectivity index (χ1) is 12.5. The van der Waals surface area contributed by atoms with E-state index in [2.05, 4.69) is 5.10 Å². The summed E-state index contributed by atoms with van der Waals surface area (Å²) in [6.07, 6.45) is 4.52. The van der Waals surface area contributed by atoms with Crippen molar-refractivity contribution in [1.82, 2.24) is 18.9 Å². The average molecular weight is 393 g/mol. The summed E-state index contributed by atoms with van der Waals surface area (Å²) in [4.78, 5) is 25.0. The van der Waals surface area contributed by atoms with Crippen molar-refractivity contribution < 1.29 is 0 Å². The Kier molecular flexibility index (Phi) is 4.40. The van der Waals surface area contributed by atoms with E-state index in [1.54, 1.807) is 11.6 Å². The molecule has 0 N–H and O–H groups in total. The van der Waals surface area contributed by atoms with Crippen molar-refractivity contribution in [3.8, 4) is 0 Å². The molecule has 0 spiro atoms. The molecule has 1 aliphatic carbocycles. The molecule has 3 aromatic rings. The first-order valence-electron chi connectivity index (χ1n) is 8.58. The Hall–Kier alpha value is -2.05. The number of imidazole rings is 1. The summed E-state index contributed by atoms with van der Waals surface area (Å²) in [5.41, 5.74) is 1.53. The zero-order valence-electron chi connectivity index (χ0n) is 14.2. The zero-order valence-corrected chi connectivity index (χ0v) is 15.7. The molecule has 0 aliphatic heterocycles. The van der Waals surface area contributed by atoms with Gasteiger partial charge < -0.3 is 0 Å². The lowest BCUT2D eigenvalue weighted by molar-refractivity contribution is 0.254. The van der Waals surface area contributed by atoms with Crippen LogP contribution in [0.2, 0.25) is 10.0 Å². The molecule has 0 saturated heterocycles. The molecule has 26 heavy (non-hydrogen) atoms. The fourth-order valence-electron chi connectivity index (χ4n) is 3.92. The summed E-state index contributed by atoms with van der Waals surface area (Å²) in [7, 11) is 1.80. The molecule has 4 rings (SSSR count). The Labute approximate surface area is 159 Å². The minimum Gasteiger partial charge on any atom is -0.295 e. The van der Waals surface area contributed by atoms with Crippen LogP contribution in [0.25, 0.3) is 11.0 Å². The highest BCUT2D eigenvalue weighted by atomic mass is 35.5. The Balaban J connectivity index is 1.62. The van der Waals surface area contributed by atoms with Crippen molar-refractivity contribution in [2.45, 2.75) is 37.8 Å². The quantitative estimate of drug-likeness (QED) is 0.669. The van der Waals surface area contributed by atoms with Gasteiger partial charge in [-0.25, -0.2) is 9.48 Å². The van der Waals surface area contributed by atoms with Crippen molar-refractivity contribution in [2.75, 3.05) is 0 Å². The monoisotopic (exact) mass is 392 g/mol. The molecule has 0 atom stereocenters. The van der Waals surface area contributed by atoms with Crippen LogP contribution in [0.4, 0.5) is 0 Å². The summed E-state index contributed by atoms with van der Waals surface area (Å²) in [5.74, 6) is 0. The maximum atomic E-state index is 12.7. The number of halogens is 2. The normalized spacial score (nSPS) is 20.6. The Morgan fingerprint density at radius 1 is 1.00 bits per heavy atom. The van der Waals surface area contributed by atoms with Gasteiger partial charge in [0.05, 0.1) is 28.3 Å². The van der Waals surface area contributed by atoms with Crippen LogP contribution in [-0.2, 0) is 7.05 Å². The number of benzene rings is 1. The van der Waals surface area contributed by atoms with Crippen LogP contribution in [0.5, 0.6) is 0 Å². The van der Waals surface area contributed by atoms with Gasteiger partial charge in [-0.2, -0.15) is 5.10 Å². The molecule has 0 bridgehead atoms. The minimum absolute atomic E-state index is 0.000482. The first kappa shape index (κ1) is 17.4. The molecular weight excluding hydrogens is 375 g/mol. The summed E-state index contributed by atoms with van der Waals surface area (Å²) in [6.45, 7) is 0. The number of hydrogen-bond donors (Lipinski definition) is 0. The number of hydrogen-bond acceptors (Lipinski definition) is 3. The topological polar surface area (TPSA) is 61.8 Å². The molecule has 136 valence electrons. The lowest BCUT2D eigenvalue weighted by atomic mass is 9.91. The summed E-state index contributed by atoms with van der Waals surface area (Å²) < 4.78 is 5.00.